The molecule has 1 atom stereocenters. The van der Waals surface area contributed by atoms with Gasteiger partial charge in [0, 0.05) is 13.1 Å². The van der Waals surface area contributed by atoms with E-state index in [2.05, 4.69) is 15.6 Å². The molecule has 176 valence electrons. The van der Waals surface area contributed by atoms with E-state index in [9.17, 15) is 5.11 Å². The lowest BCUT2D eigenvalue weighted by atomic mass is 10.1. The van der Waals surface area contributed by atoms with Gasteiger partial charge in [-0.15, -0.1) is 0 Å². The third-order valence-corrected chi connectivity index (χ3v) is 4.59. The molecule has 0 spiro atoms. The maximum atomic E-state index is 10.6. The van der Waals surface area contributed by atoms with Gasteiger partial charge in [0.15, 0.2) is 17.5 Å². The van der Waals surface area contributed by atoms with Crippen LogP contribution in [0.3, 0.4) is 0 Å². The van der Waals surface area contributed by atoms with E-state index in [4.69, 9.17) is 18.9 Å². The molecule has 0 saturated heterocycles. The number of nitrogens with one attached hydrogen (secondary N) is 2. The molecule has 0 aliphatic heterocycles. The maximum Gasteiger partial charge on any atom is 0.203 e. The molecule has 0 fully saturated rings. The van der Waals surface area contributed by atoms with Crippen LogP contribution in [0.1, 0.15) is 38.0 Å². The van der Waals surface area contributed by atoms with E-state index in [1.165, 1.54) is 0 Å². The van der Waals surface area contributed by atoms with Crippen LogP contribution in [0.4, 0.5) is 0 Å². The SMILES string of the molecule is CCNC(=NCc1cc(OC)c(OC)c(OC)c1)NCC(O)c1ccc(OC(C)C)cc1. The van der Waals surface area contributed by atoms with E-state index >= 15 is 0 Å². The van der Waals surface area contributed by atoms with E-state index in [0.717, 1.165) is 16.9 Å². The lowest BCUT2D eigenvalue weighted by molar-refractivity contribution is 0.180. The number of hydrogen-bond acceptors (Lipinski definition) is 6. The Balaban J connectivity index is 2.05. The minimum atomic E-state index is -0.687. The Morgan fingerprint density at radius 3 is 2.09 bits per heavy atom. The molecule has 0 bridgehead atoms. The molecule has 0 radical (unpaired) electrons. The summed E-state index contributed by atoms with van der Waals surface area (Å²) in [5.41, 5.74) is 1.70. The monoisotopic (exact) mass is 445 g/mol. The minimum absolute atomic E-state index is 0.108. The fourth-order valence-corrected chi connectivity index (χ4v) is 3.09. The van der Waals surface area contributed by atoms with E-state index < -0.39 is 6.10 Å². The summed E-state index contributed by atoms with van der Waals surface area (Å²) in [4.78, 5) is 4.61. The molecule has 0 amide bonds. The third kappa shape index (κ3) is 7.23. The summed E-state index contributed by atoms with van der Waals surface area (Å²) in [6.07, 6.45) is -0.579. The fraction of sp³-hybridized carbons (Fsp3) is 0.458. The van der Waals surface area contributed by atoms with Crippen LogP contribution in [0, 0.1) is 0 Å². The van der Waals surface area contributed by atoms with Gasteiger partial charge in [-0.25, -0.2) is 4.99 Å². The Morgan fingerprint density at radius 2 is 1.59 bits per heavy atom. The van der Waals surface area contributed by atoms with Gasteiger partial charge in [0.25, 0.3) is 0 Å². The molecular formula is C24H35N3O5. The van der Waals surface area contributed by atoms with Gasteiger partial charge in [0.05, 0.1) is 40.1 Å². The molecule has 3 N–H and O–H groups in total. The van der Waals surface area contributed by atoms with Crippen molar-refractivity contribution in [2.24, 2.45) is 4.99 Å². The van der Waals surface area contributed by atoms with Crippen molar-refractivity contribution in [2.75, 3.05) is 34.4 Å². The lowest BCUT2D eigenvalue weighted by Crippen LogP contribution is -2.39. The molecule has 1 unspecified atom stereocenters. The Labute approximate surface area is 190 Å². The number of methoxy groups -OCH3 is 3. The zero-order valence-electron chi connectivity index (χ0n) is 19.8. The van der Waals surface area contributed by atoms with Crippen LogP contribution in [0.5, 0.6) is 23.0 Å². The minimum Gasteiger partial charge on any atom is -0.493 e. The van der Waals surface area contributed by atoms with Crippen LogP contribution in [-0.4, -0.2) is 51.6 Å². The number of benzene rings is 2. The van der Waals surface area contributed by atoms with E-state index in [0.29, 0.717) is 42.8 Å². The lowest BCUT2D eigenvalue weighted by Gasteiger charge is -2.17. The molecule has 8 heteroatoms. The first-order valence-corrected chi connectivity index (χ1v) is 10.7. The number of ether oxygens (including phenoxy) is 4. The molecule has 0 aliphatic rings. The second-order valence-electron chi connectivity index (χ2n) is 7.36. The van der Waals surface area contributed by atoms with E-state index in [1.807, 2.05) is 57.2 Å². The number of hydrogen-bond donors (Lipinski definition) is 3. The quantitative estimate of drug-likeness (QED) is 0.361. The number of aliphatic hydroxyl groups excluding tert-OH is 1. The van der Waals surface area contributed by atoms with Crippen LogP contribution in [0.25, 0.3) is 0 Å². The predicted molar refractivity (Wildman–Crippen MR) is 126 cm³/mol. The summed E-state index contributed by atoms with van der Waals surface area (Å²) >= 11 is 0. The Kier molecular flexibility index (Phi) is 9.94. The first-order valence-electron chi connectivity index (χ1n) is 10.7. The van der Waals surface area contributed by atoms with Crippen LogP contribution < -0.4 is 29.6 Å². The molecule has 32 heavy (non-hydrogen) atoms. The molecule has 0 saturated carbocycles. The van der Waals surface area contributed by atoms with Crippen molar-refractivity contribution in [3.05, 3.63) is 47.5 Å². The summed E-state index contributed by atoms with van der Waals surface area (Å²) in [5, 5.41) is 16.9. The first kappa shape index (κ1) is 25.1. The number of guanidine groups is 1. The topological polar surface area (TPSA) is 93.6 Å². The molecule has 0 aromatic heterocycles. The van der Waals surface area contributed by atoms with Crippen LogP contribution in [-0.2, 0) is 6.54 Å². The molecule has 8 nitrogen and oxygen atoms in total. The molecule has 2 rings (SSSR count). The summed E-state index contributed by atoms with van der Waals surface area (Å²) in [7, 11) is 4.74. The van der Waals surface area contributed by atoms with Gasteiger partial charge in [0.2, 0.25) is 5.75 Å². The Hall–Kier alpha value is -3.13. The number of nitrogens with zero attached hydrogens (tertiary/aromatic N) is 1. The average molecular weight is 446 g/mol. The highest BCUT2D eigenvalue weighted by Gasteiger charge is 2.13. The van der Waals surface area contributed by atoms with Crippen LogP contribution in [0.15, 0.2) is 41.4 Å². The van der Waals surface area contributed by atoms with Crippen molar-refractivity contribution in [2.45, 2.75) is 39.5 Å². The first-order chi connectivity index (χ1) is 15.4. The molecule has 2 aromatic rings. The highest BCUT2D eigenvalue weighted by atomic mass is 16.5. The van der Waals surface area contributed by atoms with Crippen LogP contribution >= 0.6 is 0 Å². The highest BCUT2D eigenvalue weighted by Crippen LogP contribution is 2.38. The second kappa shape index (κ2) is 12.7. The summed E-state index contributed by atoms with van der Waals surface area (Å²) in [5.74, 6) is 3.08. The van der Waals surface area contributed by atoms with Crippen molar-refractivity contribution in [1.82, 2.24) is 10.6 Å². The maximum absolute atomic E-state index is 10.6. The Bertz CT molecular complexity index is 843. The summed E-state index contributed by atoms with van der Waals surface area (Å²) in [6, 6.07) is 11.2. The van der Waals surface area contributed by atoms with Crippen LogP contribution in [0.2, 0.25) is 0 Å². The third-order valence-electron chi connectivity index (χ3n) is 4.59. The van der Waals surface area contributed by atoms with E-state index in [-0.39, 0.29) is 6.10 Å². The zero-order chi connectivity index (χ0) is 23.5. The summed E-state index contributed by atoms with van der Waals surface area (Å²) in [6.45, 7) is 7.34. The number of aliphatic hydroxyl groups is 1. The van der Waals surface area contributed by atoms with Gasteiger partial charge >= 0.3 is 0 Å². The smallest absolute Gasteiger partial charge is 0.203 e. The van der Waals surface area contributed by atoms with Gasteiger partial charge in [-0.2, -0.15) is 0 Å². The van der Waals surface area contributed by atoms with Gasteiger partial charge in [-0.3, -0.25) is 0 Å². The van der Waals surface area contributed by atoms with Crippen molar-refractivity contribution in [3.63, 3.8) is 0 Å². The van der Waals surface area contributed by atoms with Gasteiger partial charge in [-0.05, 0) is 56.2 Å². The van der Waals surface area contributed by atoms with Gasteiger partial charge in [0.1, 0.15) is 5.75 Å². The normalized spacial score (nSPS) is 12.3. The second-order valence-corrected chi connectivity index (χ2v) is 7.36. The zero-order valence-corrected chi connectivity index (χ0v) is 19.8. The molecule has 0 heterocycles. The standard InChI is InChI=1S/C24H35N3O5/c1-7-25-24(26-14-17-12-21(29-4)23(31-6)22(13-17)30-5)27-15-20(28)18-8-10-19(11-9-18)32-16(2)3/h8-13,16,20,28H,7,14-15H2,1-6H3,(H2,25,26,27). The highest BCUT2D eigenvalue weighted by molar-refractivity contribution is 5.79. The number of rotatable bonds is 11. The van der Waals surface area contributed by atoms with Crippen molar-refractivity contribution in [1.29, 1.82) is 0 Å². The summed E-state index contributed by atoms with van der Waals surface area (Å²) < 4.78 is 21.8. The van der Waals surface area contributed by atoms with Gasteiger partial charge < -0.3 is 34.7 Å². The fourth-order valence-electron chi connectivity index (χ4n) is 3.09. The van der Waals surface area contributed by atoms with Crippen molar-refractivity contribution >= 4 is 5.96 Å². The van der Waals surface area contributed by atoms with Crippen molar-refractivity contribution < 1.29 is 24.1 Å². The largest absolute Gasteiger partial charge is 0.493 e. The van der Waals surface area contributed by atoms with E-state index in [1.54, 1.807) is 21.3 Å². The molecule has 2 aromatic carbocycles. The van der Waals surface area contributed by atoms with Gasteiger partial charge in [-0.1, -0.05) is 12.1 Å². The predicted octanol–water partition coefficient (Wildman–Crippen LogP) is 3.29. The number of aliphatic imine (C=N–C) groups is 1. The molecular weight excluding hydrogens is 410 g/mol. The Morgan fingerprint density at radius 1 is 0.969 bits per heavy atom. The molecule has 0 aliphatic carbocycles. The average Bonchev–Trinajstić information content (AvgIpc) is 2.79. The van der Waals surface area contributed by atoms with Crippen molar-refractivity contribution in [3.8, 4) is 23.0 Å².